The van der Waals surface area contributed by atoms with Crippen LogP contribution < -0.4 is 11.3 Å². The van der Waals surface area contributed by atoms with Crippen LogP contribution in [-0.2, 0) is 4.74 Å². The number of rotatable bonds is 5. The highest BCUT2D eigenvalue weighted by Gasteiger charge is 2.45. The van der Waals surface area contributed by atoms with Gasteiger partial charge in [-0.3, -0.25) is 16.3 Å². The molecule has 1 aromatic rings. The van der Waals surface area contributed by atoms with Gasteiger partial charge in [0.2, 0.25) is 0 Å². The highest BCUT2D eigenvalue weighted by Crippen LogP contribution is 2.47. The first-order valence-electron chi connectivity index (χ1n) is 7.53. The molecule has 20 heavy (non-hydrogen) atoms. The molecule has 1 aromatic heterocycles. The van der Waals surface area contributed by atoms with Crippen molar-refractivity contribution in [3.05, 3.63) is 30.1 Å². The van der Waals surface area contributed by atoms with Crippen LogP contribution >= 0.6 is 0 Å². The van der Waals surface area contributed by atoms with E-state index in [1.54, 1.807) is 6.20 Å². The monoisotopic (exact) mass is 277 g/mol. The third kappa shape index (κ3) is 3.19. The van der Waals surface area contributed by atoms with Gasteiger partial charge in [-0.1, -0.05) is 19.9 Å². The third-order valence-corrected chi connectivity index (χ3v) is 4.59. The predicted molar refractivity (Wildman–Crippen MR) is 80.9 cm³/mol. The lowest BCUT2D eigenvalue weighted by Gasteiger charge is -2.47. The smallest absolute Gasteiger partial charge is 0.0890 e. The van der Waals surface area contributed by atoms with Gasteiger partial charge < -0.3 is 4.74 Å². The Bertz CT molecular complexity index is 409. The first-order chi connectivity index (χ1) is 9.53. The van der Waals surface area contributed by atoms with Crippen molar-refractivity contribution < 1.29 is 4.74 Å². The molecule has 0 aliphatic heterocycles. The SMILES string of the molecule is CCOC1(C(NN)c2cccnc2)CCC(C)(C)CC1. The van der Waals surface area contributed by atoms with Gasteiger partial charge in [0, 0.05) is 19.0 Å². The Balaban J connectivity index is 2.27. The molecule has 0 bridgehead atoms. The molecule has 1 heterocycles. The van der Waals surface area contributed by atoms with Crippen molar-refractivity contribution in [1.82, 2.24) is 10.4 Å². The van der Waals surface area contributed by atoms with Crippen LogP contribution in [-0.4, -0.2) is 17.2 Å². The zero-order chi connectivity index (χ0) is 14.6. The van der Waals surface area contributed by atoms with Crippen LogP contribution in [0.4, 0.5) is 0 Å². The van der Waals surface area contributed by atoms with E-state index in [2.05, 4.69) is 37.2 Å². The highest BCUT2D eigenvalue weighted by molar-refractivity contribution is 5.19. The molecule has 0 saturated heterocycles. The second kappa shape index (κ2) is 6.20. The maximum Gasteiger partial charge on any atom is 0.0890 e. The lowest BCUT2D eigenvalue weighted by atomic mass is 9.67. The van der Waals surface area contributed by atoms with Crippen molar-refractivity contribution >= 4 is 0 Å². The topological polar surface area (TPSA) is 60.2 Å². The van der Waals surface area contributed by atoms with Gasteiger partial charge in [0.1, 0.15) is 0 Å². The largest absolute Gasteiger partial charge is 0.373 e. The van der Waals surface area contributed by atoms with Gasteiger partial charge in [0.05, 0.1) is 11.6 Å². The molecule has 0 radical (unpaired) electrons. The van der Waals surface area contributed by atoms with Crippen LogP contribution in [0.1, 0.15) is 58.1 Å². The van der Waals surface area contributed by atoms with E-state index in [9.17, 15) is 0 Å². The summed E-state index contributed by atoms with van der Waals surface area (Å²) in [7, 11) is 0. The maximum absolute atomic E-state index is 6.20. The van der Waals surface area contributed by atoms with Crippen molar-refractivity contribution in [2.24, 2.45) is 11.3 Å². The number of pyridine rings is 1. The average Bonchev–Trinajstić information content (AvgIpc) is 2.44. The lowest BCUT2D eigenvalue weighted by Crippen LogP contribution is -2.51. The molecule has 2 rings (SSSR count). The molecule has 1 atom stereocenters. The number of hydrazine groups is 1. The molecule has 1 aliphatic rings. The van der Waals surface area contributed by atoms with Crippen LogP contribution in [0.15, 0.2) is 24.5 Å². The van der Waals surface area contributed by atoms with Gasteiger partial charge in [0.25, 0.3) is 0 Å². The van der Waals surface area contributed by atoms with Gasteiger partial charge >= 0.3 is 0 Å². The van der Waals surface area contributed by atoms with Crippen LogP contribution in [0.2, 0.25) is 0 Å². The second-order valence-corrected chi connectivity index (χ2v) is 6.55. The first kappa shape index (κ1) is 15.4. The van der Waals surface area contributed by atoms with Crippen molar-refractivity contribution in [3.63, 3.8) is 0 Å². The number of nitrogens with zero attached hydrogens (tertiary/aromatic N) is 1. The minimum Gasteiger partial charge on any atom is -0.373 e. The minimum atomic E-state index is -0.220. The molecule has 1 aliphatic carbocycles. The maximum atomic E-state index is 6.20. The zero-order valence-electron chi connectivity index (χ0n) is 12.9. The number of hydrogen-bond donors (Lipinski definition) is 2. The van der Waals surface area contributed by atoms with Crippen molar-refractivity contribution in [1.29, 1.82) is 0 Å². The Morgan fingerprint density at radius 2 is 2.05 bits per heavy atom. The summed E-state index contributed by atoms with van der Waals surface area (Å²) in [6.45, 7) is 7.42. The van der Waals surface area contributed by atoms with Gasteiger partial charge in [-0.25, -0.2) is 0 Å². The van der Waals surface area contributed by atoms with Gasteiger partial charge in [-0.2, -0.15) is 0 Å². The summed E-state index contributed by atoms with van der Waals surface area (Å²) in [5.74, 6) is 5.86. The number of nitrogens with one attached hydrogen (secondary N) is 1. The van der Waals surface area contributed by atoms with E-state index in [0.29, 0.717) is 12.0 Å². The van der Waals surface area contributed by atoms with Crippen molar-refractivity contribution in [3.8, 4) is 0 Å². The number of hydrogen-bond acceptors (Lipinski definition) is 4. The summed E-state index contributed by atoms with van der Waals surface area (Å²) in [6, 6.07) is 4.01. The fraction of sp³-hybridized carbons (Fsp3) is 0.688. The summed E-state index contributed by atoms with van der Waals surface area (Å²) in [6.07, 6.45) is 8.03. The molecule has 0 amide bonds. The van der Waals surface area contributed by atoms with E-state index in [0.717, 1.165) is 31.2 Å². The van der Waals surface area contributed by atoms with Crippen LogP contribution in [0.3, 0.4) is 0 Å². The van der Waals surface area contributed by atoms with Crippen LogP contribution in [0, 0.1) is 5.41 Å². The average molecular weight is 277 g/mol. The van der Waals surface area contributed by atoms with Gasteiger partial charge in [-0.15, -0.1) is 0 Å². The molecule has 4 heteroatoms. The Kier molecular flexibility index (Phi) is 4.78. The fourth-order valence-corrected chi connectivity index (χ4v) is 3.25. The molecule has 0 aromatic carbocycles. The summed E-state index contributed by atoms with van der Waals surface area (Å²) >= 11 is 0. The van der Waals surface area contributed by atoms with E-state index in [1.807, 2.05) is 12.3 Å². The number of ether oxygens (including phenoxy) is 1. The number of aromatic nitrogens is 1. The Morgan fingerprint density at radius 3 is 2.55 bits per heavy atom. The molecule has 0 spiro atoms. The van der Waals surface area contributed by atoms with E-state index in [1.165, 1.54) is 0 Å². The number of nitrogens with two attached hydrogens (primary N) is 1. The van der Waals surface area contributed by atoms with E-state index in [-0.39, 0.29) is 11.6 Å². The minimum absolute atomic E-state index is 0.00718. The lowest BCUT2D eigenvalue weighted by molar-refractivity contribution is -0.108. The molecule has 112 valence electrons. The Labute approximate surface area is 122 Å². The van der Waals surface area contributed by atoms with Gasteiger partial charge in [0.15, 0.2) is 0 Å². The summed E-state index contributed by atoms with van der Waals surface area (Å²) in [5, 5.41) is 0. The van der Waals surface area contributed by atoms with Crippen LogP contribution in [0.5, 0.6) is 0 Å². The summed E-state index contributed by atoms with van der Waals surface area (Å²) in [5.41, 5.74) is 4.25. The Hall–Kier alpha value is -0.970. The molecular weight excluding hydrogens is 250 g/mol. The van der Waals surface area contributed by atoms with E-state index < -0.39 is 0 Å². The normalized spacial score (nSPS) is 22.4. The Morgan fingerprint density at radius 1 is 1.35 bits per heavy atom. The second-order valence-electron chi connectivity index (χ2n) is 6.55. The third-order valence-electron chi connectivity index (χ3n) is 4.59. The highest BCUT2D eigenvalue weighted by atomic mass is 16.5. The molecule has 4 nitrogen and oxygen atoms in total. The molecule has 1 unspecified atom stereocenters. The standard InChI is InChI=1S/C16H27N3O/c1-4-20-16(9-7-15(2,3)8-10-16)14(19-17)13-6-5-11-18-12-13/h5-6,11-12,14,19H,4,7-10,17H2,1-3H3. The first-order valence-corrected chi connectivity index (χ1v) is 7.53. The van der Waals surface area contributed by atoms with Crippen molar-refractivity contribution in [2.75, 3.05) is 6.61 Å². The molecule has 3 N–H and O–H groups in total. The predicted octanol–water partition coefficient (Wildman–Crippen LogP) is 2.96. The summed E-state index contributed by atoms with van der Waals surface area (Å²) in [4.78, 5) is 4.22. The molecular formula is C16H27N3O. The van der Waals surface area contributed by atoms with Gasteiger partial charge in [-0.05, 0) is 49.7 Å². The van der Waals surface area contributed by atoms with Crippen LogP contribution in [0.25, 0.3) is 0 Å². The quantitative estimate of drug-likeness (QED) is 0.641. The fourth-order valence-electron chi connectivity index (χ4n) is 3.25. The molecule has 1 saturated carbocycles. The zero-order valence-corrected chi connectivity index (χ0v) is 12.9. The van der Waals surface area contributed by atoms with E-state index in [4.69, 9.17) is 10.6 Å². The molecule has 1 fully saturated rings. The van der Waals surface area contributed by atoms with E-state index >= 15 is 0 Å². The summed E-state index contributed by atoms with van der Waals surface area (Å²) < 4.78 is 6.20. The van der Waals surface area contributed by atoms with Crippen molar-refractivity contribution in [2.45, 2.75) is 58.1 Å².